The second kappa shape index (κ2) is 9.05. The third-order valence-corrected chi connectivity index (χ3v) is 4.87. The molecule has 0 bridgehead atoms. The topological polar surface area (TPSA) is 79.5 Å². The van der Waals surface area contributed by atoms with Gasteiger partial charge in [-0.1, -0.05) is 30.3 Å². The van der Waals surface area contributed by atoms with Crippen molar-refractivity contribution in [3.05, 3.63) is 66.1 Å². The number of nitrogens with zero attached hydrogens (tertiary/aromatic N) is 1. The first-order chi connectivity index (χ1) is 14.3. The summed E-state index contributed by atoms with van der Waals surface area (Å²) >= 11 is 0. The molecule has 0 aliphatic carbocycles. The first-order valence-corrected chi connectivity index (χ1v) is 9.77. The normalized spacial score (nSPS) is 12.7. The Kier molecular flexibility index (Phi) is 6.47. The average Bonchev–Trinajstić information content (AvgIpc) is 3.00. The van der Waals surface area contributed by atoms with Crippen molar-refractivity contribution in [2.45, 2.75) is 38.8 Å². The number of carboxylic acid groups (broad SMARTS) is 1. The first-order valence-electron chi connectivity index (χ1n) is 9.77. The second-order valence-electron chi connectivity index (χ2n) is 7.50. The number of para-hydroxylation sites is 1. The summed E-state index contributed by atoms with van der Waals surface area (Å²) in [5, 5.41) is 19.5. The maximum atomic E-state index is 13.5. The Hall–Kier alpha value is -3.25. The molecule has 6 heteroatoms. The highest BCUT2D eigenvalue weighted by atomic mass is 19.1. The van der Waals surface area contributed by atoms with Crippen LogP contribution in [-0.2, 0) is 9.59 Å². The minimum Gasteiger partial charge on any atom is -0.481 e. The second-order valence-corrected chi connectivity index (χ2v) is 7.50. The van der Waals surface area contributed by atoms with Crippen LogP contribution < -0.4 is 0 Å². The molecule has 0 radical (unpaired) electrons. The third kappa shape index (κ3) is 4.66. The number of benzene rings is 2. The lowest BCUT2D eigenvalue weighted by Crippen LogP contribution is -2.16. The Morgan fingerprint density at radius 2 is 1.73 bits per heavy atom. The largest absolute Gasteiger partial charge is 0.481 e. The van der Waals surface area contributed by atoms with Crippen molar-refractivity contribution in [2.75, 3.05) is 0 Å². The molecule has 3 rings (SSSR count). The zero-order chi connectivity index (χ0) is 21.8. The van der Waals surface area contributed by atoms with E-state index >= 15 is 0 Å². The number of hydrogen-bond acceptors (Lipinski definition) is 3. The van der Waals surface area contributed by atoms with Gasteiger partial charge in [-0.2, -0.15) is 0 Å². The molecule has 3 aromatic rings. The number of rotatable bonds is 8. The van der Waals surface area contributed by atoms with E-state index in [0.29, 0.717) is 0 Å². The Bertz CT molecular complexity index is 1100. The van der Waals surface area contributed by atoms with Gasteiger partial charge in [0.05, 0.1) is 18.2 Å². The van der Waals surface area contributed by atoms with Crippen LogP contribution in [0.1, 0.15) is 38.4 Å². The molecule has 0 aliphatic rings. The van der Waals surface area contributed by atoms with Gasteiger partial charge < -0.3 is 14.8 Å². The Labute approximate surface area is 174 Å². The summed E-state index contributed by atoms with van der Waals surface area (Å²) in [6, 6.07) is 14.2. The average molecular weight is 409 g/mol. The van der Waals surface area contributed by atoms with Crippen molar-refractivity contribution in [3.63, 3.8) is 0 Å². The van der Waals surface area contributed by atoms with Crippen LogP contribution in [0, 0.1) is 5.82 Å². The molecule has 0 saturated carbocycles. The number of carboxylic acids is 1. The van der Waals surface area contributed by atoms with E-state index in [1.54, 1.807) is 18.2 Å². The molecule has 1 heterocycles. The summed E-state index contributed by atoms with van der Waals surface area (Å²) in [4.78, 5) is 23.0. The van der Waals surface area contributed by atoms with Gasteiger partial charge in [0.1, 0.15) is 5.82 Å². The quantitative estimate of drug-likeness (QED) is 0.522. The molecule has 156 valence electrons. The molecule has 1 atom stereocenters. The van der Waals surface area contributed by atoms with Crippen molar-refractivity contribution in [1.29, 1.82) is 0 Å². The molecular formula is C24H24FNO4. The van der Waals surface area contributed by atoms with Crippen LogP contribution >= 0.6 is 0 Å². The lowest BCUT2D eigenvalue weighted by atomic mass is 10.0. The fourth-order valence-electron chi connectivity index (χ4n) is 3.67. The summed E-state index contributed by atoms with van der Waals surface area (Å²) in [5.41, 5.74) is 3.49. The van der Waals surface area contributed by atoms with E-state index < -0.39 is 18.5 Å². The summed E-state index contributed by atoms with van der Waals surface area (Å²) in [6.07, 6.45) is 1.08. The van der Waals surface area contributed by atoms with Crippen LogP contribution in [-0.4, -0.2) is 32.6 Å². The van der Waals surface area contributed by atoms with Crippen molar-refractivity contribution in [3.8, 4) is 11.1 Å². The van der Waals surface area contributed by atoms with Gasteiger partial charge in [-0.25, -0.2) is 4.39 Å². The molecule has 0 unspecified atom stereocenters. The molecule has 5 nitrogen and oxygen atoms in total. The maximum Gasteiger partial charge on any atom is 0.305 e. The zero-order valence-corrected chi connectivity index (χ0v) is 16.9. The van der Waals surface area contributed by atoms with Crippen LogP contribution in [0.5, 0.6) is 0 Å². The van der Waals surface area contributed by atoms with Crippen LogP contribution in [0.3, 0.4) is 0 Å². The number of carbonyl (C=O) groups is 2. The van der Waals surface area contributed by atoms with Gasteiger partial charge in [0.25, 0.3) is 0 Å². The Morgan fingerprint density at radius 1 is 1.07 bits per heavy atom. The van der Waals surface area contributed by atoms with E-state index in [9.17, 15) is 19.1 Å². The summed E-state index contributed by atoms with van der Waals surface area (Å²) in [5.74, 6) is -1.85. The summed E-state index contributed by atoms with van der Waals surface area (Å²) in [6.45, 7) is 4.08. The van der Waals surface area contributed by atoms with Crippen LogP contribution in [0.15, 0.2) is 54.6 Å². The molecule has 0 spiro atoms. The summed E-state index contributed by atoms with van der Waals surface area (Å²) in [7, 11) is 0. The van der Waals surface area contributed by atoms with Gasteiger partial charge in [0.2, 0.25) is 0 Å². The monoisotopic (exact) mass is 409 g/mol. The third-order valence-electron chi connectivity index (χ3n) is 4.87. The highest BCUT2D eigenvalue weighted by Crippen LogP contribution is 2.37. The number of allylic oxidation sites excluding steroid dienone is 1. The molecule has 0 saturated heterocycles. The number of carbonyl (C=O) groups excluding carboxylic acids is 1. The molecule has 2 aromatic carbocycles. The first kappa shape index (κ1) is 21.5. The molecular weight excluding hydrogens is 385 g/mol. The van der Waals surface area contributed by atoms with E-state index in [1.807, 2.05) is 38.1 Å². The standard InChI is InChI=1S/C24H24FNO4/c1-15(2)26-21-6-4-3-5-20(21)24(16-7-9-17(25)10-8-16)22(26)12-11-18(27)13-19(28)14-23(29)30/h3-12,15,19,28H,13-14H2,1-2H3,(H,29,30)/b12-11+/t19-/m1/s1. The molecule has 2 N–H and O–H groups in total. The predicted octanol–water partition coefficient (Wildman–Crippen LogP) is 4.84. The lowest BCUT2D eigenvalue weighted by molar-refractivity contribution is -0.139. The van der Waals surface area contributed by atoms with Crippen LogP contribution in [0.2, 0.25) is 0 Å². The molecule has 0 amide bonds. The van der Waals surface area contributed by atoms with E-state index in [4.69, 9.17) is 5.11 Å². The van der Waals surface area contributed by atoms with E-state index in [1.165, 1.54) is 18.2 Å². The Balaban J connectivity index is 2.09. The number of aliphatic hydroxyl groups is 1. The van der Waals surface area contributed by atoms with Gasteiger partial charge in [-0.3, -0.25) is 9.59 Å². The van der Waals surface area contributed by atoms with Gasteiger partial charge in [0, 0.05) is 28.9 Å². The Morgan fingerprint density at radius 3 is 2.37 bits per heavy atom. The number of aliphatic carboxylic acids is 1. The highest BCUT2D eigenvalue weighted by Gasteiger charge is 2.19. The van der Waals surface area contributed by atoms with E-state index in [2.05, 4.69) is 4.57 Å². The summed E-state index contributed by atoms with van der Waals surface area (Å²) < 4.78 is 15.6. The van der Waals surface area contributed by atoms with Crippen LogP contribution in [0.4, 0.5) is 4.39 Å². The fourth-order valence-corrected chi connectivity index (χ4v) is 3.67. The minimum absolute atomic E-state index is 0.0939. The van der Waals surface area contributed by atoms with Gasteiger partial charge in [0.15, 0.2) is 5.78 Å². The zero-order valence-electron chi connectivity index (χ0n) is 16.9. The predicted molar refractivity (Wildman–Crippen MR) is 115 cm³/mol. The number of hydrogen-bond donors (Lipinski definition) is 2. The van der Waals surface area contributed by atoms with Crippen molar-refractivity contribution >= 4 is 28.7 Å². The highest BCUT2D eigenvalue weighted by molar-refractivity contribution is 6.03. The van der Waals surface area contributed by atoms with Gasteiger partial charge in [-0.15, -0.1) is 0 Å². The number of aliphatic hydroxyl groups excluding tert-OH is 1. The van der Waals surface area contributed by atoms with Crippen molar-refractivity contribution in [1.82, 2.24) is 4.57 Å². The maximum absolute atomic E-state index is 13.5. The van der Waals surface area contributed by atoms with Crippen molar-refractivity contribution in [2.24, 2.45) is 0 Å². The molecule has 0 aliphatic heterocycles. The van der Waals surface area contributed by atoms with Gasteiger partial charge >= 0.3 is 5.97 Å². The number of ketones is 1. The smallest absolute Gasteiger partial charge is 0.305 e. The SMILES string of the molecule is CC(C)n1c(/C=C/C(=O)C[C@@H](O)CC(=O)O)c(-c2ccc(F)cc2)c2ccccc21. The number of aromatic nitrogens is 1. The van der Waals surface area contributed by atoms with Gasteiger partial charge in [-0.05, 0) is 49.8 Å². The molecule has 1 aromatic heterocycles. The molecule has 0 fully saturated rings. The van der Waals surface area contributed by atoms with E-state index in [-0.39, 0.29) is 24.1 Å². The molecule has 30 heavy (non-hydrogen) atoms. The van der Waals surface area contributed by atoms with E-state index in [0.717, 1.165) is 27.7 Å². The number of fused-ring (bicyclic) bond motifs is 1. The number of halogens is 1. The van der Waals surface area contributed by atoms with Crippen LogP contribution in [0.25, 0.3) is 28.1 Å². The fraction of sp³-hybridized carbons (Fsp3) is 0.250. The minimum atomic E-state index is -1.23. The van der Waals surface area contributed by atoms with Crippen molar-refractivity contribution < 1.29 is 24.2 Å². The lowest BCUT2D eigenvalue weighted by Gasteiger charge is -2.14.